The van der Waals surface area contributed by atoms with Gasteiger partial charge in [-0.2, -0.15) is 0 Å². The largest absolute Gasteiger partial charge is 0.481 e. The molecule has 1 aliphatic rings. The molecule has 0 saturated carbocycles. The first kappa shape index (κ1) is 32.7. The van der Waals surface area contributed by atoms with Gasteiger partial charge in [0.05, 0.1) is 10.6 Å². The average Bonchev–Trinajstić information content (AvgIpc) is 3.86. The number of benzene rings is 3. The molecule has 0 amide bonds. The molecule has 3 aromatic heterocycles. The fraction of sp³-hybridized carbons (Fsp3) is 0.308. The van der Waals surface area contributed by atoms with E-state index in [1.165, 1.54) is 23.1 Å². The number of carboxylic acids is 1. The summed E-state index contributed by atoms with van der Waals surface area (Å²) in [7, 11) is 0. The van der Waals surface area contributed by atoms with Gasteiger partial charge in [0.1, 0.15) is 17.4 Å². The summed E-state index contributed by atoms with van der Waals surface area (Å²) in [5, 5.41) is 11.0. The number of aryl methyl sites for hydroxylation is 1. The van der Waals surface area contributed by atoms with Crippen LogP contribution < -0.4 is 4.74 Å². The standard InChI is InChI=1S/C39H38F2N4O3S/c1-38(2)14-4-5-15-39(3,24-8-6-7-23(17-24)9-12-35(46)47)32-21-44-37(45-32)28-18-25(10-11-29(28)40)48-36-27(19-34-43-22-33(38)49-34)26-13-16-42-31(26)20-30(36)41/h6-8,10-11,13,16-18,20-22,42H,4-5,9,12,14-15,19H2,1-3H3,(H,44,45)(H,46,47). The fourth-order valence-electron chi connectivity index (χ4n) is 6.90. The van der Waals surface area contributed by atoms with E-state index in [9.17, 15) is 9.90 Å². The topological polar surface area (TPSA) is 104 Å². The van der Waals surface area contributed by atoms with Crippen molar-refractivity contribution in [2.24, 2.45) is 0 Å². The molecule has 0 spiro atoms. The van der Waals surface area contributed by atoms with Crippen molar-refractivity contribution in [3.05, 3.63) is 117 Å². The molecule has 1 atom stereocenters. The van der Waals surface area contributed by atoms with Crippen LogP contribution in [0, 0.1) is 11.6 Å². The van der Waals surface area contributed by atoms with E-state index in [1.807, 2.05) is 24.4 Å². The van der Waals surface area contributed by atoms with Gasteiger partial charge in [0.2, 0.25) is 0 Å². The van der Waals surface area contributed by atoms with Crippen LogP contribution in [0.5, 0.6) is 11.5 Å². The monoisotopic (exact) mass is 680 g/mol. The van der Waals surface area contributed by atoms with Crippen LogP contribution in [-0.2, 0) is 28.5 Å². The molecule has 0 saturated heterocycles. The minimum absolute atomic E-state index is 0.0465. The summed E-state index contributed by atoms with van der Waals surface area (Å²) in [6.45, 7) is 6.63. The minimum Gasteiger partial charge on any atom is -0.481 e. The van der Waals surface area contributed by atoms with E-state index in [0.29, 0.717) is 29.7 Å². The predicted molar refractivity (Wildman–Crippen MR) is 188 cm³/mol. The van der Waals surface area contributed by atoms with Crippen LogP contribution in [-0.4, -0.2) is 31.0 Å². The number of fused-ring (bicyclic) bond motifs is 10. The van der Waals surface area contributed by atoms with Gasteiger partial charge in [-0.1, -0.05) is 51.0 Å². The Hall–Kier alpha value is -4.83. The molecule has 6 bridgehead atoms. The molecule has 7 rings (SSSR count). The van der Waals surface area contributed by atoms with Gasteiger partial charge in [-0.05, 0) is 61.6 Å². The van der Waals surface area contributed by atoms with Gasteiger partial charge in [0.15, 0.2) is 11.6 Å². The fourth-order valence-corrected chi connectivity index (χ4v) is 7.96. The SMILES string of the molecule is CC1(C)CCCCC(C)(c2cccc(CCC(=O)O)c2)c2cnc([nH]2)-c2cc(ccc2F)Oc2c(F)cc3[nH]ccc3c2Cc2ncc1s2. The van der Waals surface area contributed by atoms with E-state index in [0.717, 1.165) is 52.9 Å². The maximum atomic E-state index is 15.8. The smallest absolute Gasteiger partial charge is 0.303 e. The lowest BCUT2D eigenvalue weighted by Gasteiger charge is -2.31. The summed E-state index contributed by atoms with van der Waals surface area (Å²) >= 11 is 1.64. The van der Waals surface area contributed by atoms with Gasteiger partial charge in [0, 0.05) is 75.4 Å². The maximum absolute atomic E-state index is 15.8. The second-order valence-electron chi connectivity index (χ2n) is 13.8. The Morgan fingerprint density at radius 1 is 1.00 bits per heavy atom. The summed E-state index contributed by atoms with van der Waals surface area (Å²) in [5.41, 5.74) is 3.67. The van der Waals surface area contributed by atoms with E-state index in [-0.39, 0.29) is 28.9 Å². The maximum Gasteiger partial charge on any atom is 0.303 e. The van der Waals surface area contributed by atoms with E-state index in [1.54, 1.807) is 29.8 Å². The molecule has 7 nitrogen and oxygen atoms in total. The Labute approximate surface area is 287 Å². The van der Waals surface area contributed by atoms with E-state index in [4.69, 9.17) is 9.72 Å². The number of nitrogens with zero attached hydrogens (tertiary/aromatic N) is 2. The zero-order valence-corrected chi connectivity index (χ0v) is 28.5. The summed E-state index contributed by atoms with van der Waals surface area (Å²) in [6, 6.07) is 15.7. The van der Waals surface area contributed by atoms with Crippen LogP contribution in [0.1, 0.15) is 85.1 Å². The lowest BCUT2D eigenvalue weighted by Crippen LogP contribution is -2.25. The van der Waals surface area contributed by atoms with Crippen molar-refractivity contribution in [2.75, 3.05) is 0 Å². The molecule has 49 heavy (non-hydrogen) atoms. The summed E-state index contributed by atoms with van der Waals surface area (Å²) < 4.78 is 37.5. The van der Waals surface area contributed by atoms with Crippen molar-refractivity contribution >= 4 is 28.2 Å². The number of rotatable bonds is 4. The molecule has 10 heteroatoms. The number of aliphatic carboxylic acids is 1. The first-order valence-corrected chi connectivity index (χ1v) is 17.4. The van der Waals surface area contributed by atoms with Gasteiger partial charge in [0.25, 0.3) is 0 Å². The van der Waals surface area contributed by atoms with Crippen molar-refractivity contribution in [1.29, 1.82) is 0 Å². The molecule has 6 aromatic rings. The third kappa shape index (κ3) is 6.49. The van der Waals surface area contributed by atoms with Crippen LogP contribution in [0.2, 0.25) is 0 Å². The zero-order valence-electron chi connectivity index (χ0n) is 27.7. The molecule has 1 unspecified atom stereocenters. The summed E-state index contributed by atoms with van der Waals surface area (Å²) in [5.74, 6) is -1.17. The second-order valence-corrected chi connectivity index (χ2v) is 14.9. The highest BCUT2D eigenvalue weighted by atomic mass is 32.1. The molecule has 3 N–H and O–H groups in total. The number of nitrogens with one attached hydrogen (secondary N) is 2. The third-order valence-electron chi connectivity index (χ3n) is 9.92. The summed E-state index contributed by atoms with van der Waals surface area (Å²) in [6.07, 6.45) is 9.91. The molecule has 3 aromatic carbocycles. The van der Waals surface area contributed by atoms with Crippen LogP contribution in [0.15, 0.2) is 73.2 Å². The van der Waals surface area contributed by atoms with Crippen LogP contribution in [0.25, 0.3) is 22.3 Å². The molecular formula is C39H38F2N4O3S. The number of carbonyl (C=O) groups is 1. The molecule has 4 heterocycles. The van der Waals surface area contributed by atoms with Gasteiger partial charge in [-0.15, -0.1) is 11.3 Å². The third-order valence-corrected chi connectivity index (χ3v) is 11.3. The number of hydrogen-bond donors (Lipinski definition) is 3. The Balaban J connectivity index is 1.34. The number of thiazole rings is 1. The molecular weight excluding hydrogens is 643 g/mol. The Bertz CT molecular complexity index is 2170. The van der Waals surface area contributed by atoms with Crippen LogP contribution in [0.4, 0.5) is 8.78 Å². The summed E-state index contributed by atoms with van der Waals surface area (Å²) in [4.78, 5) is 28.4. The van der Waals surface area contributed by atoms with Crippen molar-refractivity contribution in [3.63, 3.8) is 0 Å². The van der Waals surface area contributed by atoms with Gasteiger partial charge in [-0.3, -0.25) is 4.79 Å². The number of aromatic amines is 2. The Morgan fingerprint density at radius 3 is 2.67 bits per heavy atom. The second kappa shape index (κ2) is 12.9. The molecule has 0 aliphatic carbocycles. The molecule has 1 aliphatic heterocycles. The van der Waals surface area contributed by atoms with E-state index in [2.05, 4.69) is 47.9 Å². The average molecular weight is 681 g/mol. The molecule has 252 valence electrons. The number of hydrogen-bond acceptors (Lipinski definition) is 5. The van der Waals surface area contributed by atoms with Crippen molar-refractivity contribution in [3.8, 4) is 22.9 Å². The number of carboxylic acid groups (broad SMARTS) is 1. The predicted octanol–water partition coefficient (Wildman–Crippen LogP) is 9.85. The zero-order chi connectivity index (χ0) is 34.3. The molecule has 0 radical (unpaired) electrons. The minimum atomic E-state index is -0.838. The first-order valence-electron chi connectivity index (χ1n) is 16.6. The number of imidazole rings is 1. The van der Waals surface area contributed by atoms with Gasteiger partial charge in [-0.25, -0.2) is 18.7 Å². The number of ether oxygens (including phenoxy) is 1. The van der Waals surface area contributed by atoms with Gasteiger partial charge < -0.3 is 19.8 Å². The van der Waals surface area contributed by atoms with Crippen molar-refractivity contribution in [1.82, 2.24) is 19.9 Å². The number of H-pyrrole nitrogens is 2. The Kier molecular flexibility index (Phi) is 8.60. The normalized spacial score (nSPS) is 17.8. The van der Waals surface area contributed by atoms with Crippen molar-refractivity contribution < 1.29 is 23.4 Å². The molecule has 0 fully saturated rings. The van der Waals surface area contributed by atoms with Crippen molar-refractivity contribution in [2.45, 2.75) is 76.5 Å². The highest BCUT2D eigenvalue weighted by molar-refractivity contribution is 7.11. The highest BCUT2D eigenvalue weighted by Crippen LogP contribution is 2.42. The lowest BCUT2D eigenvalue weighted by atomic mass is 9.74. The van der Waals surface area contributed by atoms with Gasteiger partial charge >= 0.3 is 5.97 Å². The first-order chi connectivity index (χ1) is 23.5. The Morgan fingerprint density at radius 2 is 1.84 bits per heavy atom. The number of halogens is 2. The highest BCUT2D eigenvalue weighted by Gasteiger charge is 2.32. The quantitative estimate of drug-likeness (QED) is 0.172. The number of aromatic nitrogens is 4. The van der Waals surface area contributed by atoms with Crippen LogP contribution >= 0.6 is 11.3 Å². The van der Waals surface area contributed by atoms with E-state index >= 15 is 8.78 Å². The van der Waals surface area contributed by atoms with E-state index < -0.39 is 23.0 Å². The van der Waals surface area contributed by atoms with Crippen LogP contribution in [0.3, 0.4) is 0 Å². The lowest BCUT2D eigenvalue weighted by molar-refractivity contribution is -0.136.